The van der Waals surface area contributed by atoms with Crippen molar-refractivity contribution in [2.75, 3.05) is 13.7 Å². The first-order valence-corrected chi connectivity index (χ1v) is 6.17. The number of carbonyl (C=O) groups is 1. The van der Waals surface area contributed by atoms with Gasteiger partial charge in [0.15, 0.2) is 0 Å². The summed E-state index contributed by atoms with van der Waals surface area (Å²) in [4.78, 5) is 13.7. The molecule has 0 fully saturated rings. The minimum atomic E-state index is -0.552. The van der Waals surface area contributed by atoms with Gasteiger partial charge in [0.1, 0.15) is 12.4 Å². The zero-order valence-electron chi connectivity index (χ0n) is 11.4. The Morgan fingerprint density at radius 2 is 2.21 bits per heavy atom. The van der Waals surface area contributed by atoms with Crippen LogP contribution in [0.3, 0.4) is 0 Å². The topological polar surface area (TPSA) is 40.5 Å². The number of benzene rings is 1. The number of rotatable bonds is 3. The van der Waals surface area contributed by atoms with E-state index in [1.165, 1.54) is 12.1 Å². The molecule has 0 bridgehead atoms. The third kappa shape index (κ3) is 3.80. The fourth-order valence-corrected chi connectivity index (χ4v) is 1.56. The van der Waals surface area contributed by atoms with Gasteiger partial charge < -0.3 is 10.0 Å². The maximum atomic E-state index is 13.7. The molecule has 1 N–H and O–H groups in total. The molecule has 0 aromatic heterocycles. The molecule has 102 valence electrons. The molecule has 1 rings (SSSR count). The van der Waals surface area contributed by atoms with E-state index in [0.717, 1.165) is 6.42 Å². The first-order valence-electron chi connectivity index (χ1n) is 6.17. The molecular formula is C15H18FNO2. The third-order valence-corrected chi connectivity index (χ3v) is 3.09. The van der Waals surface area contributed by atoms with Crippen molar-refractivity contribution in [1.29, 1.82) is 0 Å². The lowest BCUT2D eigenvalue weighted by atomic mass is 10.1. The highest BCUT2D eigenvalue weighted by atomic mass is 19.1. The first-order chi connectivity index (χ1) is 9.01. The smallest absolute Gasteiger partial charge is 0.253 e. The number of hydrogen-bond donors (Lipinski definition) is 1. The lowest BCUT2D eigenvalue weighted by molar-refractivity contribution is 0.0740. The zero-order chi connectivity index (χ0) is 14.4. The van der Waals surface area contributed by atoms with Crippen LogP contribution in [0.25, 0.3) is 0 Å². The second-order valence-electron chi connectivity index (χ2n) is 4.33. The van der Waals surface area contributed by atoms with E-state index < -0.39 is 5.82 Å². The molecule has 0 aliphatic rings. The Balaban J connectivity index is 2.98. The van der Waals surface area contributed by atoms with Crippen LogP contribution >= 0.6 is 0 Å². The summed E-state index contributed by atoms with van der Waals surface area (Å²) in [6.45, 7) is 3.61. The number of aliphatic hydroxyl groups is 1. The fourth-order valence-electron chi connectivity index (χ4n) is 1.56. The average Bonchev–Trinajstić information content (AvgIpc) is 2.43. The number of aliphatic hydroxyl groups excluding tert-OH is 1. The van der Waals surface area contributed by atoms with Crippen molar-refractivity contribution in [3.8, 4) is 11.8 Å². The second-order valence-corrected chi connectivity index (χ2v) is 4.33. The Bertz CT molecular complexity index is 517. The molecule has 0 heterocycles. The summed E-state index contributed by atoms with van der Waals surface area (Å²) in [6.07, 6.45) is 0.838. The Labute approximate surface area is 113 Å². The van der Waals surface area contributed by atoms with Crippen LogP contribution in [0.15, 0.2) is 18.2 Å². The highest BCUT2D eigenvalue weighted by molar-refractivity contribution is 5.94. The van der Waals surface area contributed by atoms with Crippen LogP contribution in [0.5, 0.6) is 0 Å². The van der Waals surface area contributed by atoms with Crippen LogP contribution in [-0.2, 0) is 0 Å². The van der Waals surface area contributed by atoms with Crippen LogP contribution in [0.4, 0.5) is 4.39 Å². The molecule has 0 aliphatic carbocycles. The van der Waals surface area contributed by atoms with Gasteiger partial charge in [-0.1, -0.05) is 18.8 Å². The molecule has 1 aromatic rings. The molecule has 1 amide bonds. The predicted octanol–water partition coefficient (Wildman–Crippen LogP) is 2.04. The normalized spacial score (nSPS) is 11.4. The van der Waals surface area contributed by atoms with Crippen molar-refractivity contribution in [2.45, 2.75) is 26.3 Å². The largest absolute Gasteiger partial charge is 0.384 e. The van der Waals surface area contributed by atoms with E-state index in [1.54, 1.807) is 18.0 Å². The Morgan fingerprint density at radius 3 is 2.74 bits per heavy atom. The molecule has 1 unspecified atom stereocenters. The summed E-state index contributed by atoms with van der Waals surface area (Å²) in [7, 11) is 1.70. The molecule has 0 aliphatic heterocycles. The van der Waals surface area contributed by atoms with E-state index in [9.17, 15) is 9.18 Å². The van der Waals surface area contributed by atoms with Crippen molar-refractivity contribution < 1.29 is 14.3 Å². The summed E-state index contributed by atoms with van der Waals surface area (Å²) in [5, 5.41) is 8.57. The van der Waals surface area contributed by atoms with Crippen LogP contribution in [0, 0.1) is 17.7 Å². The van der Waals surface area contributed by atoms with Crippen LogP contribution in [0.1, 0.15) is 36.2 Å². The van der Waals surface area contributed by atoms with Gasteiger partial charge in [-0.3, -0.25) is 4.79 Å². The van der Waals surface area contributed by atoms with Crippen LogP contribution in [-0.4, -0.2) is 35.6 Å². The maximum absolute atomic E-state index is 13.7. The molecule has 0 spiro atoms. The number of amides is 1. The number of nitrogens with zero attached hydrogens (tertiary/aromatic N) is 1. The van der Waals surface area contributed by atoms with Gasteiger partial charge in [-0.25, -0.2) is 4.39 Å². The third-order valence-electron chi connectivity index (χ3n) is 3.09. The van der Waals surface area contributed by atoms with Gasteiger partial charge in [-0.2, -0.15) is 0 Å². The summed E-state index contributed by atoms with van der Waals surface area (Å²) >= 11 is 0. The SMILES string of the molecule is CCC(C)N(C)C(=O)c1ccc(C#CCO)c(F)c1. The molecular weight excluding hydrogens is 245 g/mol. The second kappa shape index (κ2) is 6.91. The number of carbonyl (C=O) groups excluding carboxylic acids is 1. The zero-order valence-corrected chi connectivity index (χ0v) is 11.4. The Hall–Kier alpha value is -1.86. The van der Waals surface area contributed by atoms with Gasteiger partial charge in [0.2, 0.25) is 0 Å². The minimum absolute atomic E-state index is 0.101. The van der Waals surface area contributed by atoms with Gasteiger partial charge in [0.25, 0.3) is 5.91 Å². The summed E-state index contributed by atoms with van der Waals surface area (Å²) < 4.78 is 13.7. The minimum Gasteiger partial charge on any atom is -0.384 e. The highest BCUT2D eigenvalue weighted by Crippen LogP contribution is 2.13. The molecule has 1 aromatic carbocycles. The van der Waals surface area contributed by atoms with Crippen LogP contribution < -0.4 is 0 Å². The molecule has 4 heteroatoms. The fraction of sp³-hybridized carbons (Fsp3) is 0.400. The lowest BCUT2D eigenvalue weighted by Gasteiger charge is -2.23. The number of hydrogen-bond acceptors (Lipinski definition) is 2. The van der Waals surface area contributed by atoms with Gasteiger partial charge >= 0.3 is 0 Å². The summed E-state index contributed by atoms with van der Waals surface area (Å²) in [5.74, 6) is 4.10. The van der Waals surface area contributed by atoms with Crippen molar-refractivity contribution in [1.82, 2.24) is 4.90 Å². The van der Waals surface area contributed by atoms with Crippen LogP contribution in [0.2, 0.25) is 0 Å². The van der Waals surface area contributed by atoms with Gasteiger partial charge in [0, 0.05) is 18.7 Å². The van der Waals surface area contributed by atoms with E-state index in [4.69, 9.17) is 5.11 Å². The molecule has 0 radical (unpaired) electrons. The Morgan fingerprint density at radius 1 is 1.53 bits per heavy atom. The van der Waals surface area contributed by atoms with E-state index in [-0.39, 0.29) is 24.1 Å². The maximum Gasteiger partial charge on any atom is 0.253 e. The standard InChI is InChI=1S/C15H18FNO2/c1-4-11(2)17(3)15(19)13-8-7-12(6-5-9-18)14(16)10-13/h7-8,10-11,18H,4,9H2,1-3H3. The summed E-state index contributed by atoms with van der Waals surface area (Å²) in [5.41, 5.74) is 0.478. The van der Waals surface area contributed by atoms with E-state index in [0.29, 0.717) is 5.56 Å². The van der Waals surface area contributed by atoms with E-state index >= 15 is 0 Å². The number of halogens is 1. The van der Waals surface area contributed by atoms with Crippen molar-refractivity contribution in [3.63, 3.8) is 0 Å². The van der Waals surface area contributed by atoms with E-state index in [1.807, 2.05) is 13.8 Å². The van der Waals surface area contributed by atoms with Gasteiger partial charge in [-0.15, -0.1) is 0 Å². The predicted molar refractivity (Wildman–Crippen MR) is 72.2 cm³/mol. The van der Waals surface area contributed by atoms with Crippen molar-refractivity contribution in [2.24, 2.45) is 0 Å². The molecule has 0 saturated heterocycles. The van der Waals surface area contributed by atoms with Gasteiger partial charge in [0.05, 0.1) is 5.56 Å². The highest BCUT2D eigenvalue weighted by Gasteiger charge is 2.17. The molecule has 0 saturated carbocycles. The molecule has 3 nitrogen and oxygen atoms in total. The first kappa shape index (κ1) is 15.2. The average molecular weight is 263 g/mol. The lowest BCUT2D eigenvalue weighted by Crippen LogP contribution is -2.34. The Kier molecular flexibility index (Phi) is 5.53. The quantitative estimate of drug-likeness (QED) is 0.848. The molecule has 1 atom stereocenters. The van der Waals surface area contributed by atoms with Gasteiger partial charge in [-0.05, 0) is 31.5 Å². The monoisotopic (exact) mass is 263 g/mol. The van der Waals surface area contributed by atoms with Crippen molar-refractivity contribution in [3.05, 3.63) is 35.1 Å². The molecule has 19 heavy (non-hydrogen) atoms. The van der Waals surface area contributed by atoms with Crippen molar-refractivity contribution >= 4 is 5.91 Å². The summed E-state index contributed by atoms with van der Waals surface area (Å²) in [6, 6.07) is 4.29. The van der Waals surface area contributed by atoms with E-state index in [2.05, 4.69) is 11.8 Å².